The SMILES string of the molecule is CC(C)(C)OC(=O)N1CCC(c2cc3c(-c4cccc(Oc5ccc(F)cc5)c4)ccnc3[nH]2)CC1. The van der Waals surface area contributed by atoms with Gasteiger partial charge in [0.05, 0.1) is 0 Å². The van der Waals surface area contributed by atoms with Gasteiger partial charge in [-0.3, -0.25) is 0 Å². The summed E-state index contributed by atoms with van der Waals surface area (Å²) in [5.74, 6) is 1.28. The molecule has 0 saturated carbocycles. The van der Waals surface area contributed by atoms with Crippen LogP contribution in [0.1, 0.15) is 45.2 Å². The van der Waals surface area contributed by atoms with Crippen LogP contribution in [0, 0.1) is 5.82 Å². The summed E-state index contributed by atoms with van der Waals surface area (Å²) in [7, 11) is 0. The fourth-order valence-electron chi connectivity index (χ4n) is 4.58. The fourth-order valence-corrected chi connectivity index (χ4v) is 4.58. The zero-order valence-electron chi connectivity index (χ0n) is 20.8. The van der Waals surface area contributed by atoms with Gasteiger partial charge in [-0.05, 0) is 93.3 Å². The Morgan fingerprint density at radius 1 is 1.03 bits per heavy atom. The van der Waals surface area contributed by atoms with E-state index in [1.165, 1.54) is 12.1 Å². The van der Waals surface area contributed by atoms with Gasteiger partial charge in [-0.25, -0.2) is 14.2 Å². The Hall–Kier alpha value is -3.87. The van der Waals surface area contributed by atoms with Crippen molar-refractivity contribution in [1.82, 2.24) is 14.9 Å². The van der Waals surface area contributed by atoms with E-state index in [-0.39, 0.29) is 11.9 Å². The molecule has 1 aliphatic rings. The molecule has 4 aromatic rings. The first-order valence-corrected chi connectivity index (χ1v) is 12.2. The van der Waals surface area contributed by atoms with Crippen LogP contribution in [0.25, 0.3) is 22.2 Å². The van der Waals surface area contributed by atoms with Gasteiger partial charge >= 0.3 is 6.09 Å². The van der Waals surface area contributed by atoms with Crippen molar-refractivity contribution in [2.45, 2.75) is 45.1 Å². The summed E-state index contributed by atoms with van der Waals surface area (Å²) in [5, 5.41) is 1.04. The number of nitrogens with zero attached hydrogens (tertiary/aromatic N) is 2. The van der Waals surface area contributed by atoms with Gasteiger partial charge in [-0.15, -0.1) is 0 Å². The third kappa shape index (κ3) is 5.35. The minimum atomic E-state index is -0.492. The maximum absolute atomic E-state index is 13.2. The first-order chi connectivity index (χ1) is 17.2. The van der Waals surface area contributed by atoms with E-state index >= 15 is 0 Å². The molecule has 7 heteroatoms. The molecule has 0 unspecified atom stereocenters. The van der Waals surface area contributed by atoms with Gasteiger partial charge in [0.15, 0.2) is 0 Å². The number of likely N-dealkylation sites (tertiary alicyclic amines) is 1. The summed E-state index contributed by atoms with van der Waals surface area (Å²) in [6.07, 6.45) is 3.28. The molecular formula is C29H30FN3O3. The molecule has 0 aliphatic carbocycles. The molecule has 36 heavy (non-hydrogen) atoms. The van der Waals surface area contributed by atoms with Gasteiger partial charge < -0.3 is 19.4 Å². The quantitative estimate of drug-likeness (QED) is 0.329. The Balaban J connectivity index is 1.34. The number of hydrogen-bond acceptors (Lipinski definition) is 4. The molecule has 1 aliphatic heterocycles. The lowest BCUT2D eigenvalue weighted by molar-refractivity contribution is 0.0204. The molecule has 0 radical (unpaired) electrons. The lowest BCUT2D eigenvalue weighted by Gasteiger charge is -2.33. The first kappa shape index (κ1) is 23.9. The Morgan fingerprint density at radius 3 is 2.50 bits per heavy atom. The van der Waals surface area contributed by atoms with Crippen molar-refractivity contribution in [2.24, 2.45) is 0 Å². The van der Waals surface area contributed by atoms with Crippen LogP contribution in [0.15, 0.2) is 66.9 Å². The second kappa shape index (κ2) is 9.64. The average molecular weight is 488 g/mol. The highest BCUT2D eigenvalue weighted by Gasteiger charge is 2.28. The van der Waals surface area contributed by atoms with Gasteiger partial charge in [0.1, 0.15) is 28.6 Å². The Kier molecular flexibility index (Phi) is 6.39. The van der Waals surface area contributed by atoms with Crippen LogP contribution in [0.5, 0.6) is 11.5 Å². The van der Waals surface area contributed by atoms with Crippen LogP contribution in [0.2, 0.25) is 0 Å². The fraction of sp³-hybridized carbons (Fsp3) is 0.310. The van der Waals surface area contributed by atoms with Crippen LogP contribution in [0.3, 0.4) is 0 Å². The number of halogens is 1. The van der Waals surface area contributed by atoms with E-state index in [2.05, 4.69) is 16.0 Å². The molecule has 186 valence electrons. The zero-order valence-corrected chi connectivity index (χ0v) is 20.8. The highest BCUT2D eigenvalue weighted by Crippen LogP contribution is 2.35. The normalized spacial score (nSPS) is 14.7. The molecule has 2 aromatic heterocycles. The molecule has 2 aromatic carbocycles. The number of hydrogen-bond donors (Lipinski definition) is 1. The summed E-state index contributed by atoms with van der Waals surface area (Å²) < 4.78 is 24.7. The standard InChI is InChI=1S/C29H30FN3O3/c1-29(2,3)36-28(34)33-15-12-19(13-16-33)26-18-25-24(11-14-31-27(25)32-26)20-5-4-6-23(17-20)35-22-9-7-21(30)8-10-22/h4-11,14,17-19H,12-13,15-16H2,1-3H3,(H,31,32). The Morgan fingerprint density at radius 2 is 1.78 bits per heavy atom. The number of carbonyl (C=O) groups is 1. The van der Waals surface area contributed by atoms with Crippen molar-refractivity contribution >= 4 is 17.1 Å². The largest absolute Gasteiger partial charge is 0.457 e. The topological polar surface area (TPSA) is 67.4 Å². The van der Waals surface area contributed by atoms with Gasteiger partial charge in [0.2, 0.25) is 0 Å². The van der Waals surface area contributed by atoms with Gasteiger partial charge in [0, 0.05) is 36.3 Å². The van der Waals surface area contributed by atoms with Crippen molar-refractivity contribution in [3.8, 4) is 22.6 Å². The number of piperidine rings is 1. The van der Waals surface area contributed by atoms with Crippen molar-refractivity contribution < 1.29 is 18.7 Å². The molecule has 3 heterocycles. The number of nitrogens with one attached hydrogen (secondary N) is 1. The first-order valence-electron chi connectivity index (χ1n) is 12.2. The summed E-state index contributed by atoms with van der Waals surface area (Å²) in [6, 6.07) is 18.0. The van der Waals surface area contributed by atoms with Gasteiger partial charge in [0.25, 0.3) is 0 Å². The van der Waals surface area contributed by atoms with E-state index in [0.717, 1.165) is 40.7 Å². The monoisotopic (exact) mass is 487 g/mol. The minimum Gasteiger partial charge on any atom is -0.457 e. The number of pyridine rings is 1. The van der Waals surface area contributed by atoms with E-state index in [1.54, 1.807) is 23.2 Å². The maximum atomic E-state index is 13.2. The summed E-state index contributed by atoms with van der Waals surface area (Å²) >= 11 is 0. The summed E-state index contributed by atoms with van der Waals surface area (Å²) in [6.45, 7) is 6.99. The van der Waals surface area contributed by atoms with Crippen LogP contribution >= 0.6 is 0 Å². The van der Waals surface area contributed by atoms with E-state index in [1.807, 2.05) is 51.1 Å². The summed E-state index contributed by atoms with van der Waals surface area (Å²) in [5.41, 5.74) is 3.54. The number of carbonyl (C=O) groups excluding carboxylic acids is 1. The molecule has 1 fully saturated rings. The number of ether oxygens (including phenoxy) is 2. The third-order valence-electron chi connectivity index (χ3n) is 6.33. The van der Waals surface area contributed by atoms with Crippen LogP contribution in [-0.2, 0) is 4.74 Å². The van der Waals surface area contributed by atoms with E-state index < -0.39 is 5.60 Å². The number of aromatic amines is 1. The number of amides is 1. The lowest BCUT2D eigenvalue weighted by atomic mass is 9.93. The number of aromatic nitrogens is 2. The van der Waals surface area contributed by atoms with E-state index in [4.69, 9.17) is 9.47 Å². The second-order valence-corrected chi connectivity index (χ2v) is 10.2. The molecule has 0 atom stereocenters. The molecule has 5 rings (SSSR count). The average Bonchev–Trinajstić information content (AvgIpc) is 3.29. The Bertz CT molecular complexity index is 1370. The predicted molar refractivity (Wildman–Crippen MR) is 138 cm³/mol. The molecule has 1 amide bonds. The molecule has 6 nitrogen and oxygen atoms in total. The smallest absolute Gasteiger partial charge is 0.410 e. The number of fused-ring (bicyclic) bond motifs is 1. The molecule has 1 N–H and O–H groups in total. The highest BCUT2D eigenvalue weighted by molar-refractivity contribution is 5.93. The molecule has 0 spiro atoms. The van der Waals surface area contributed by atoms with Crippen LogP contribution in [-0.4, -0.2) is 39.7 Å². The number of H-pyrrole nitrogens is 1. The third-order valence-corrected chi connectivity index (χ3v) is 6.33. The summed E-state index contributed by atoms with van der Waals surface area (Å²) in [4.78, 5) is 22.3. The predicted octanol–water partition coefficient (Wildman–Crippen LogP) is 7.28. The molecular weight excluding hydrogens is 457 g/mol. The zero-order chi connectivity index (χ0) is 25.3. The van der Waals surface area contributed by atoms with Crippen LogP contribution in [0.4, 0.5) is 9.18 Å². The van der Waals surface area contributed by atoms with Gasteiger partial charge in [-0.2, -0.15) is 0 Å². The van der Waals surface area contributed by atoms with Crippen molar-refractivity contribution in [3.05, 3.63) is 78.4 Å². The molecule has 0 bridgehead atoms. The Labute approximate surface area is 210 Å². The highest BCUT2D eigenvalue weighted by atomic mass is 19.1. The van der Waals surface area contributed by atoms with Crippen molar-refractivity contribution in [2.75, 3.05) is 13.1 Å². The van der Waals surface area contributed by atoms with E-state index in [0.29, 0.717) is 30.5 Å². The maximum Gasteiger partial charge on any atom is 0.410 e. The second-order valence-electron chi connectivity index (χ2n) is 10.2. The minimum absolute atomic E-state index is 0.246. The number of rotatable bonds is 4. The van der Waals surface area contributed by atoms with Crippen molar-refractivity contribution in [3.63, 3.8) is 0 Å². The lowest BCUT2D eigenvalue weighted by Crippen LogP contribution is -2.41. The van der Waals surface area contributed by atoms with Crippen LogP contribution < -0.4 is 4.74 Å². The molecule has 1 saturated heterocycles. The van der Waals surface area contributed by atoms with Gasteiger partial charge in [-0.1, -0.05) is 12.1 Å². The van der Waals surface area contributed by atoms with E-state index in [9.17, 15) is 9.18 Å². The number of benzene rings is 2. The van der Waals surface area contributed by atoms with Crippen molar-refractivity contribution in [1.29, 1.82) is 0 Å².